The van der Waals surface area contributed by atoms with Crippen LogP contribution in [0.3, 0.4) is 0 Å². The number of fused-ring (bicyclic) bond motifs is 2. The molecule has 0 saturated carbocycles. The van der Waals surface area contributed by atoms with Crippen LogP contribution in [-0.2, 0) is 57.6 Å². The molecule has 5 rings (SSSR count). The van der Waals surface area contributed by atoms with E-state index in [0.29, 0.717) is 34.0 Å². The number of guanidine groups is 1. The summed E-state index contributed by atoms with van der Waals surface area (Å²) in [5.74, 6) is -9.10. The fourth-order valence-corrected chi connectivity index (χ4v) is 8.19. The molecule has 0 bridgehead atoms. The first-order valence-electron chi connectivity index (χ1n) is 24.2. The van der Waals surface area contributed by atoms with Gasteiger partial charge in [-0.2, -0.15) is 0 Å². The largest absolute Gasteiger partial charge is 0.481 e. The lowest BCUT2D eigenvalue weighted by atomic mass is 9.98. The van der Waals surface area contributed by atoms with Gasteiger partial charge in [-0.05, 0) is 54.5 Å². The Morgan fingerprint density at radius 2 is 1.04 bits per heavy atom. The van der Waals surface area contributed by atoms with Gasteiger partial charge in [0.15, 0.2) is 5.96 Å². The van der Waals surface area contributed by atoms with Gasteiger partial charge in [0.05, 0.1) is 12.5 Å². The molecule has 9 atom stereocenters. The number of benzene rings is 3. The van der Waals surface area contributed by atoms with Gasteiger partial charge in [-0.3, -0.25) is 38.6 Å². The third kappa shape index (κ3) is 16.1. The molecule has 0 saturated heterocycles. The minimum atomic E-state index is -1.78. The van der Waals surface area contributed by atoms with E-state index >= 15 is 0 Å². The van der Waals surface area contributed by atoms with Crippen LogP contribution in [0.5, 0.6) is 0 Å². The standard InChI is InChI=1S/C51H66N12O11/c1-4-27(2)43(50(73)74)63-48(71)40(24-41(65)66)62-45(68)37(21-29-13-6-5-7-14-29)59-46(69)39(23-31-26-57-35-18-11-9-16-33(31)35)61-47(70)38(22-30-25-56-34-17-10-8-15-32(30)34)60-44(67)36(19-12-20-55-51(53)54)58-49(72)42(52)28(3)64/h5-11,13-18,25-28,36-40,42-43,56-57,64H,4,12,19-24,52H2,1-3H3,(H,58,72)(H,59,69)(H,60,67)(H,61,70)(H,62,68)(H,63,71)(H,65,66)(H,73,74)(H4,53,54,55)/t27-,28+,36-,37-,38-,39-,40-,42-,43-/m0/s1. The predicted molar refractivity (Wildman–Crippen MR) is 275 cm³/mol. The van der Waals surface area contributed by atoms with Crippen LogP contribution in [-0.4, -0.2) is 134 Å². The van der Waals surface area contributed by atoms with Crippen LogP contribution in [0.25, 0.3) is 21.8 Å². The zero-order chi connectivity index (χ0) is 54.1. The summed E-state index contributed by atoms with van der Waals surface area (Å²) in [6, 6.07) is 12.5. The second kappa shape index (κ2) is 26.9. The van der Waals surface area contributed by atoms with Crippen molar-refractivity contribution in [3.63, 3.8) is 0 Å². The van der Waals surface area contributed by atoms with Gasteiger partial charge in [0.2, 0.25) is 35.4 Å². The number of nitrogens with two attached hydrogens (primary N) is 3. The van der Waals surface area contributed by atoms with Crippen molar-refractivity contribution in [3.05, 3.63) is 108 Å². The van der Waals surface area contributed by atoms with Crippen LogP contribution >= 0.6 is 0 Å². The molecule has 0 aliphatic heterocycles. The van der Waals surface area contributed by atoms with Gasteiger partial charge in [-0.15, -0.1) is 0 Å². The SMILES string of the molecule is CC[C@H](C)[C@H](NC(=O)[C@H](CC(=O)O)NC(=O)[C@H](Cc1ccccc1)NC(=O)[C@H](Cc1c[nH]c2ccccc12)NC(=O)[C@H](Cc1c[nH]c2ccccc12)NC(=O)[C@H](CCCN=C(N)N)NC(=O)[C@@H](N)[C@@H](C)O)C(=O)O. The van der Waals surface area contributed by atoms with E-state index in [0.717, 1.165) is 10.9 Å². The van der Waals surface area contributed by atoms with Crippen molar-refractivity contribution in [2.45, 2.75) is 114 Å². The van der Waals surface area contributed by atoms with Gasteiger partial charge in [-0.1, -0.05) is 87.0 Å². The van der Waals surface area contributed by atoms with Crippen LogP contribution in [0.2, 0.25) is 0 Å². The quantitative estimate of drug-likeness (QED) is 0.0178. The maximum atomic E-state index is 14.9. The first-order chi connectivity index (χ1) is 35.3. The van der Waals surface area contributed by atoms with Crippen molar-refractivity contribution in [3.8, 4) is 0 Å². The molecular formula is C51H66N12O11. The minimum absolute atomic E-state index is 0.0360. The molecule has 0 aliphatic carbocycles. The summed E-state index contributed by atoms with van der Waals surface area (Å²) in [6.45, 7) is 4.69. The van der Waals surface area contributed by atoms with Gasteiger partial charge in [0.1, 0.15) is 42.3 Å². The average molecular weight is 1020 g/mol. The second-order valence-electron chi connectivity index (χ2n) is 18.1. The zero-order valence-electron chi connectivity index (χ0n) is 41.3. The first kappa shape index (κ1) is 56.6. The van der Waals surface area contributed by atoms with E-state index in [9.17, 15) is 53.7 Å². The predicted octanol–water partition coefficient (Wildman–Crippen LogP) is -0.0470. The summed E-state index contributed by atoms with van der Waals surface area (Å²) in [6.07, 6.45) is 1.10. The number of carboxylic acid groups (broad SMARTS) is 2. The van der Waals surface area contributed by atoms with Crippen molar-refractivity contribution >= 4 is 75.1 Å². The first-order valence-corrected chi connectivity index (χ1v) is 24.2. The van der Waals surface area contributed by atoms with E-state index in [4.69, 9.17) is 17.2 Å². The van der Waals surface area contributed by atoms with E-state index in [1.807, 2.05) is 24.3 Å². The van der Waals surface area contributed by atoms with Crippen LogP contribution in [0.4, 0.5) is 0 Å². The number of amides is 6. The third-order valence-corrected chi connectivity index (χ3v) is 12.6. The molecule has 0 radical (unpaired) electrons. The van der Waals surface area contributed by atoms with Crippen LogP contribution in [0, 0.1) is 5.92 Å². The third-order valence-electron chi connectivity index (χ3n) is 12.6. The number of para-hydroxylation sites is 2. The molecule has 17 N–H and O–H groups in total. The van der Waals surface area contributed by atoms with Crippen molar-refractivity contribution in [1.82, 2.24) is 41.9 Å². The smallest absolute Gasteiger partial charge is 0.326 e. The molecule has 0 aliphatic rings. The highest BCUT2D eigenvalue weighted by Crippen LogP contribution is 2.22. The highest BCUT2D eigenvalue weighted by molar-refractivity contribution is 5.99. The Balaban J connectivity index is 1.52. The molecule has 3 aromatic carbocycles. The number of carboxylic acids is 2. The van der Waals surface area contributed by atoms with E-state index in [2.05, 4.69) is 46.9 Å². The fraction of sp³-hybridized carbons (Fsp3) is 0.392. The number of aliphatic imine (C=N–C) groups is 1. The minimum Gasteiger partial charge on any atom is -0.481 e. The number of nitrogens with one attached hydrogen (secondary N) is 8. The number of nitrogens with zero attached hydrogens (tertiary/aromatic N) is 1. The Kier molecular flexibility index (Phi) is 20.6. The van der Waals surface area contributed by atoms with E-state index in [1.165, 1.54) is 6.92 Å². The number of hydrogen-bond acceptors (Lipinski definition) is 11. The van der Waals surface area contributed by atoms with Gasteiger partial charge in [0.25, 0.3) is 0 Å². The van der Waals surface area contributed by atoms with E-state index in [1.54, 1.807) is 80.8 Å². The monoisotopic (exact) mass is 1020 g/mol. The lowest BCUT2D eigenvalue weighted by molar-refractivity contribution is -0.144. The summed E-state index contributed by atoms with van der Waals surface area (Å²) < 4.78 is 0. The number of H-pyrrole nitrogens is 2. The number of aliphatic carboxylic acids is 2. The molecule has 0 spiro atoms. The molecule has 74 heavy (non-hydrogen) atoms. The van der Waals surface area contributed by atoms with E-state index < -0.39 is 108 Å². The lowest BCUT2D eigenvalue weighted by Crippen LogP contribution is -2.61. The molecule has 23 nitrogen and oxygen atoms in total. The van der Waals surface area contributed by atoms with E-state index in [-0.39, 0.29) is 44.6 Å². The van der Waals surface area contributed by atoms with Crippen LogP contribution < -0.4 is 49.1 Å². The zero-order valence-corrected chi connectivity index (χ0v) is 41.3. The van der Waals surface area contributed by atoms with Crippen LogP contribution in [0.1, 0.15) is 63.1 Å². The molecule has 0 unspecified atom stereocenters. The number of rotatable bonds is 28. The lowest BCUT2D eigenvalue weighted by Gasteiger charge is -2.28. The van der Waals surface area contributed by atoms with Gasteiger partial charge in [-0.25, -0.2) is 4.79 Å². The van der Waals surface area contributed by atoms with Crippen LogP contribution in [0.15, 0.2) is 96.2 Å². The van der Waals surface area contributed by atoms with Gasteiger partial charge >= 0.3 is 11.9 Å². The molecule has 5 aromatic rings. The highest BCUT2D eigenvalue weighted by Gasteiger charge is 2.36. The summed E-state index contributed by atoms with van der Waals surface area (Å²) in [4.78, 5) is 120. The van der Waals surface area contributed by atoms with Crippen molar-refractivity contribution in [1.29, 1.82) is 0 Å². The van der Waals surface area contributed by atoms with Crippen molar-refractivity contribution in [2.24, 2.45) is 28.1 Å². The average Bonchev–Trinajstić information content (AvgIpc) is 3.98. The Morgan fingerprint density at radius 1 is 0.595 bits per heavy atom. The molecule has 2 heterocycles. The highest BCUT2D eigenvalue weighted by atomic mass is 16.4. The number of hydrogen-bond donors (Lipinski definition) is 14. The summed E-state index contributed by atoms with van der Waals surface area (Å²) in [5.41, 5.74) is 20.1. The Hall–Kier alpha value is -8.31. The number of aliphatic hydroxyl groups is 1. The number of aromatic amines is 2. The number of carbonyl (C=O) groups excluding carboxylic acids is 6. The number of aliphatic hydroxyl groups excluding tert-OH is 1. The Bertz CT molecular complexity index is 2790. The maximum Gasteiger partial charge on any atom is 0.326 e. The number of aromatic nitrogens is 2. The summed E-state index contributed by atoms with van der Waals surface area (Å²) >= 11 is 0. The second-order valence-corrected chi connectivity index (χ2v) is 18.1. The van der Waals surface area contributed by atoms with Crippen molar-refractivity contribution < 1.29 is 53.7 Å². The fourth-order valence-electron chi connectivity index (χ4n) is 8.19. The normalized spacial score (nSPS) is 14.9. The molecular weight excluding hydrogens is 957 g/mol. The summed E-state index contributed by atoms with van der Waals surface area (Å²) in [5, 5.41) is 46.7. The molecule has 6 amide bonds. The Morgan fingerprint density at radius 3 is 1.51 bits per heavy atom. The van der Waals surface area contributed by atoms with Crippen molar-refractivity contribution in [2.75, 3.05) is 6.54 Å². The molecule has 23 heteroatoms. The molecule has 396 valence electrons. The number of carbonyl (C=O) groups is 8. The van der Waals surface area contributed by atoms with Gasteiger partial charge in [0, 0.05) is 60.0 Å². The molecule has 0 fully saturated rings. The Labute approximate surface area is 426 Å². The maximum absolute atomic E-state index is 14.9. The summed E-state index contributed by atoms with van der Waals surface area (Å²) in [7, 11) is 0. The topological polar surface area (TPSA) is 391 Å². The van der Waals surface area contributed by atoms with Gasteiger partial charge < -0.3 is 74.4 Å². The molecule has 2 aromatic heterocycles.